The van der Waals surface area contributed by atoms with E-state index >= 15 is 0 Å². The van der Waals surface area contributed by atoms with E-state index in [1.807, 2.05) is 35.7 Å². The Kier molecular flexibility index (Phi) is 4.58. The molecule has 2 aromatic carbocycles. The SMILES string of the molecule is O=C1Nc2ccc(-c3ccc4c(c3)OCO4)cc2C(=O)N2CCN(C(=O)c3cccs3)CC12. The van der Waals surface area contributed by atoms with Crippen molar-refractivity contribution in [2.75, 3.05) is 31.7 Å². The van der Waals surface area contributed by atoms with Crippen LogP contribution in [0.1, 0.15) is 20.0 Å². The number of nitrogens with one attached hydrogen (secondary N) is 1. The van der Waals surface area contributed by atoms with Crippen LogP contribution in [-0.4, -0.2) is 60.0 Å². The van der Waals surface area contributed by atoms with Gasteiger partial charge in [0.2, 0.25) is 12.7 Å². The van der Waals surface area contributed by atoms with Gasteiger partial charge < -0.3 is 24.6 Å². The van der Waals surface area contributed by atoms with E-state index in [0.29, 0.717) is 40.7 Å². The number of hydrogen-bond donors (Lipinski definition) is 1. The molecule has 3 aromatic rings. The second-order valence-corrected chi connectivity index (χ2v) is 9.01. The van der Waals surface area contributed by atoms with E-state index in [-0.39, 0.29) is 31.1 Å². The second-order valence-electron chi connectivity index (χ2n) is 8.06. The molecule has 0 radical (unpaired) electrons. The molecule has 1 N–H and O–H groups in total. The van der Waals surface area contributed by atoms with Gasteiger partial charge in [-0.2, -0.15) is 0 Å². The molecule has 166 valence electrons. The lowest BCUT2D eigenvalue weighted by Crippen LogP contribution is -2.59. The molecule has 0 saturated carbocycles. The fourth-order valence-electron chi connectivity index (χ4n) is 4.45. The average Bonchev–Trinajstić information content (AvgIpc) is 3.53. The lowest BCUT2D eigenvalue weighted by molar-refractivity contribution is -0.121. The number of anilines is 1. The Morgan fingerprint density at radius 2 is 1.82 bits per heavy atom. The Morgan fingerprint density at radius 1 is 1.00 bits per heavy atom. The molecule has 1 aromatic heterocycles. The van der Waals surface area contributed by atoms with E-state index in [9.17, 15) is 14.4 Å². The first-order valence-corrected chi connectivity index (χ1v) is 11.4. The number of hydrogen-bond acceptors (Lipinski definition) is 6. The maximum atomic E-state index is 13.5. The molecule has 1 saturated heterocycles. The summed E-state index contributed by atoms with van der Waals surface area (Å²) in [4.78, 5) is 43.1. The van der Waals surface area contributed by atoms with Crippen LogP contribution < -0.4 is 14.8 Å². The number of thiophene rings is 1. The van der Waals surface area contributed by atoms with Crippen LogP contribution in [-0.2, 0) is 4.79 Å². The zero-order chi connectivity index (χ0) is 22.5. The molecule has 3 aliphatic heterocycles. The third-order valence-corrected chi connectivity index (χ3v) is 7.03. The van der Waals surface area contributed by atoms with E-state index < -0.39 is 6.04 Å². The van der Waals surface area contributed by atoms with Crippen molar-refractivity contribution in [3.8, 4) is 22.6 Å². The van der Waals surface area contributed by atoms with Crippen LogP contribution in [0.5, 0.6) is 11.5 Å². The summed E-state index contributed by atoms with van der Waals surface area (Å²) in [5.41, 5.74) is 2.62. The summed E-state index contributed by atoms with van der Waals surface area (Å²) < 4.78 is 10.8. The molecule has 4 heterocycles. The standard InChI is InChI=1S/C24H19N3O5S/c28-22-18-12-26(24(30)21-2-1-9-33-21)7-8-27(18)23(29)16-10-14(3-5-17(16)25-22)15-4-6-19-20(11-15)32-13-31-19/h1-6,9-11,18H,7-8,12-13H2,(H,25,28). The Labute approximate surface area is 193 Å². The van der Waals surface area contributed by atoms with Gasteiger partial charge in [0.25, 0.3) is 11.8 Å². The predicted molar refractivity (Wildman–Crippen MR) is 122 cm³/mol. The van der Waals surface area contributed by atoms with Gasteiger partial charge in [0, 0.05) is 13.1 Å². The van der Waals surface area contributed by atoms with Gasteiger partial charge in [0.05, 0.1) is 22.7 Å². The molecule has 3 amide bonds. The van der Waals surface area contributed by atoms with Crippen molar-refractivity contribution in [3.63, 3.8) is 0 Å². The first-order chi connectivity index (χ1) is 16.1. The Bertz CT molecular complexity index is 1290. The number of ether oxygens (including phenoxy) is 2. The van der Waals surface area contributed by atoms with Crippen LogP contribution in [0.3, 0.4) is 0 Å². The summed E-state index contributed by atoms with van der Waals surface area (Å²) >= 11 is 1.37. The lowest BCUT2D eigenvalue weighted by Gasteiger charge is -2.39. The first-order valence-electron chi connectivity index (χ1n) is 10.6. The molecule has 8 nitrogen and oxygen atoms in total. The number of nitrogens with zero attached hydrogens (tertiary/aromatic N) is 2. The maximum Gasteiger partial charge on any atom is 0.264 e. The van der Waals surface area contributed by atoms with Crippen LogP contribution in [0, 0.1) is 0 Å². The maximum absolute atomic E-state index is 13.5. The molecule has 1 fully saturated rings. The van der Waals surface area contributed by atoms with E-state index in [4.69, 9.17) is 9.47 Å². The van der Waals surface area contributed by atoms with E-state index in [2.05, 4.69) is 5.32 Å². The van der Waals surface area contributed by atoms with Crippen LogP contribution in [0.15, 0.2) is 53.9 Å². The number of piperazine rings is 1. The highest BCUT2D eigenvalue weighted by Gasteiger charge is 2.40. The zero-order valence-corrected chi connectivity index (χ0v) is 18.3. The largest absolute Gasteiger partial charge is 0.454 e. The van der Waals surface area contributed by atoms with Crippen molar-refractivity contribution in [1.29, 1.82) is 0 Å². The fourth-order valence-corrected chi connectivity index (χ4v) is 5.14. The Hall–Kier alpha value is -3.85. The third kappa shape index (κ3) is 3.32. The molecule has 33 heavy (non-hydrogen) atoms. The number of carbonyl (C=O) groups is 3. The molecule has 0 aliphatic carbocycles. The van der Waals surface area contributed by atoms with Gasteiger partial charge in [-0.05, 0) is 46.8 Å². The fraction of sp³-hybridized carbons (Fsp3) is 0.208. The van der Waals surface area contributed by atoms with Gasteiger partial charge in [-0.25, -0.2) is 0 Å². The summed E-state index contributed by atoms with van der Waals surface area (Å²) in [6, 6.07) is 13.9. The highest BCUT2D eigenvalue weighted by molar-refractivity contribution is 7.12. The quantitative estimate of drug-likeness (QED) is 0.634. The molecular formula is C24H19N3O5S. The van der Waals surface area contributed by atoms with Gasteiger partial charge in [-0.3, -0.25) is 14.4 Å². The molecule has 3 aliphatic rings. The number of fused-ring (bicyclic) bond motifs is 3. The summed E-state index contributed by atoms with van der Waals surface area (Å²) in [5.74, 6) is 0.723. The average molecular weight is 461 g/mol. The minimum atomic E-state index is -0.739. The topological polar surface area (TPSA) is 88.2 Å². The van der Waals surface area contributed by atoms with E-state index in [1.165, 1.54) is 11.3 Å². The molecule has 0 bridgehead atoms. The second kappa shape index (κ2) is 7.63. The monoisotopic (exact) mass is 461 g/mol. The number of carbonyl (C=O) groups excluding carboxylic acids is 3. The highest BCUT2D eigenvalue weighted by atomic mass is 32.1. The zero-order valence-electron chi connectivity index (χ0n) is 17.4. The molecule has 9 heteroatoms. The lowest BCUT2D eigenvalue weighted by atomic mass is 10.0. The van der Waals surface area contributed by atoms with Gasteiger partial charge >= 0.3 is 0 Å². The minimum Gasteiger partial charge on any atom is -0.454 e. The van der Waals surface area contributed by atoms with Crippen molar-refractivity contribution in [2.45, 2.75) is 6.04 Å². The van der Waals surface area contributed by atoms with Crippen LogP contribution in [0.2, 0.25) is 0 Å². The Balaban J connectivity index is 1.30. The molecule has 6 rings (SSSR count). The van der Waals surface area contributed by atoms with Crippen LogP contribution >= 0.6 is 11.3 Å². The smallest absolute Gasteiger partial charge is 0.264 e. The highest BCUT2D eigenvalue weighted by Crippen LogP contribution is 2.37. The molecule has 1 unspecified atom stereocenters. The minimum absolute atomic E-state index is 0.114. The van der Waals surface area contributed by atoms with Crippen molar-refractivity contribution < 1.29 is 23.9 Å². The van der Waals surface area contributed by atoms with Gasteiger partial charge in [0.15, 0.2) is 11.5 Å². The Morgan fingerprint density at radius 3 is 2.67 bits per heavy atom. The summed E-state index contributed by atoms with van der Waals surface area (Å²) in [5, 5.41) is 4.73. The first kappa shape index (κ1) is 19.8. The summed E-state index contributed by atoms with van der Waals surface area (Å²) in [6.07, 6.45) is 0. The van der Waals surface area contributed by atoms with Crippen molar-refractivity contribution >= 4 is 34.7 Å². The number of rotatable bonds is 2. The summed E-state index contributed by atoms with van der Waals surface area (Å²) in [7, 11) is 0. The van der Waals surface area contributed by atoms with Crippen molar-refractivity contribution in [2.24, 2.45) is 0 Å². The van der Waals surface area contributed by atoms with Crippen molar-refractivity contribution in [3.05, 3.63) is 64.4 Å². The normalized spacial score (nSPS) is 19.0. The van der Waals surface area contributed by atoms with E-state index in [1.54, 1.807) is 28.0 Å². The van der Waals surface area contributed by atoms with Crippen LogP contribution in [0.4, 0.5) is 5.69 Å². The molecular weight excluding hydrogens is 442 g/mol. The van der Waals surface area contributed by atoms with Gasteiger partial charge in [-0.15, -0.1) is 11.3 Å². The van der Waals surface area contributed by atoms with Gasteiger partial charge in [0.1, 0.15) is 6.04 Å². The molecule has 1 atom stereocenters. The number of amides is 3. The summed E-state index contributed by atoms with van der Waals surface area (Å²) in [6.45, 7) is 1.03. The molecule has 0 spiro atoms. The van der Waals surface area contributed by atoms with Crippen LogP contribution in [0.25, 0.3) is 11.1 Å². The predicted octanol–water partition coefficient (Wildman–Crippen LogP) is 3.06. The van der Waals surface area contributed by atoms with Crippen molar-refractivity contribution in [1.82, 2.24) is 9.80 Å². The number of benzene rings is 2. The third-order valence-electron chi connectivity index (χ3n) is 6.18. The van der Waals surface area contributed by atoms with Gasteiger partial charge in [-0.1, -0.05) is 18.2 Å². The van der Waals surface area contributed by atoms with E-state index in [0.717, 1.165) is 11.1 Å².